The fraction of sp³-hybridized carbons (Fsp3) is 0.526. The molecule has 0 amide bonds. The molecule has 0 radical (unpaired) electrons. The summed E-state index contributed by atoms with van der Waals surface area (Å²) >= 11 is 0. The molecule has 0 unspecified atom stereocenters. The molecule has 122 valence electrons. The van der Waals surface area contributed by atoms with Crippen molar-refractivity contribution in [1.82, 2.24) is 14.5 Å². The third-order valence-electron chi connectivity index (χ3n) is 5.10. The molecule has 4 heteroatoms. The van der Waals surface area contributed by atoms with Crippen molar-refractivity contribution in [2.75, 3.05) is 26.3 Å². The highest BCUT2D eigenvalue weighted by atomic mass is 16.5. The second-order valence-electron chi connectivity index (χ2n) is 6.78. The van der Waals surface area contributed by atoms with Gasteiger partial charge in [-0.1, -0.05) is 30.3 Å². The third kappa shape index (κ3) is 3.48. The molecule has 1 aromatic carbocycles. The smallest absolute Gasteiger partial charge is 0.0952 e. The first kappa shape index (κ1) is 14.9. The highest BCUT2D eigenvalue weighted by Crippen LogP contribution is 2.21. The molecule has 1 atom stereocenters. The van der Waals surface area contributed by atoms with Crippen LogP contribution in [0.1, 0.15) is 23.4 Å². The first-order valence-corrected chi connectivity index (χ1v) is 8.75. The molecule has 3 heterocycles. The maximum Gasteiger partial charge on any atom is 0.0952 e. The summed E-state index contributed by atoms with van der Waals surface area (Å²) < 4.78 is 7.86. The van der Waals surface area contributed by atoms with Crippen LogP contribution in [0.4, 0.5) is 0 Å². The van der Waals surface area contributed by atoms with Crippen molar-refractivity contribution in [3.8, 4) is 0 Å². The van der Waals surface area contributed by atoms with Gasteiger partial charge in [0.05, 0.1) is 18.6 Å². The fourth-order valence-corrected chi connectivity index (χ4v) is 3.76. The molecule has 0 aliphatic carbocycles. The molecular formula is C19H25N3O. The Kier molecular flexibility index (Phi) is 4.44. The summed E-state index contributed by atoms with van der Waals surface area (Å²) in [5.74, 6) is 0.719. The summed E-state index contributed by atoms with van der Waals surface area (Å²) in [5.41, 5.74) is 4.12. The van der Waals surface area contributed by atoms with Gasteiger partial charge in [-0.3, -0.25) is 4.90 Å². The van der Waals surface area contributed by atoms with Gasteiger partial charge in [0.1, 0.15) is 0 Å². The fourth-order valence-electron chi connectivity index (χ4n) is 3.76. The van der Waals surface area contributed by atoms with Gasteiger partial charge >= 0.3 is 0 Å². The lowest BCUT2D eigenvalue weighted by atomic mass is 10.1. The highest BCUT2D eigenvalue weighted by Gasteiger charge is 2.24. The Balaban J connectivity index is 1.36. The van der Waals surface area contributed by atoms with Crippen LogP contribution in [0.25, 0.3) is 0 Å². The Morgan fingerprint density at radius 1 is 1.22 bits per heavy atom. The quantitative estimate of drug-likeness (QED) is 0.850. The van der Waals surface area contributed by atoms with Crippen LogP contribution in [-0.2, 0) is 30.7 Å². The van der Waals surface area contributed by atoms with Crippen LogP contribution in [0.5, 0.6) is 0 Å². The van der Waals surface area contributed by atoms with Crippen molar-refractivity contribution >= 4 is 0 Å². The molecule has 0 spiro atoms. The van der Waals surface area contributed by atoms with E-state index < -0.39 is 0 Å². The van der Waals surface area contributed by atoms with E-state index in [2.05, 4.69) is 44.8 Å². The van der Waals surface area contributed by atoms with Gasteiger partial charge in [-0.15, -0.1) is 0 Å². The standard InChI is InChI=1S/C19H25N3O/c1-2-4-16(5-3-1)6-10-22-15-20-18-13-21(9-7-19(18)22)12-17-8-11-23-14-17/h1-5,15,17H,6-14H2/t17-/m1/s1. The van der Waals surface area contributed by atoms with Gasteiger partial charge in [0, 0.05) is 44.9 Å². The molecule has 4 rings (SSSR count). The first-order valence-electron chi connectivity index (χ1n) is 8.75. The van der Waals surface area contributed by atoms with E-state index in [0.29, 0.717) is 0 Å². The zero-order chi connectivity index (χ0) is 15.5. The van der Waals surface area contributed by atoms with Crippen molar-refractivity contribution in [1.29, 1.82) is 0 Å². The molecule has 23 heavy (non-hydrogen) atoms. The Morgan fingerprint density at radius 3 is 2.96 bits per heavy atom. The summed E-state index contributed by atoms with van der Waals surface area (Å²) in [6.07, 6.45) is 5.45. The van der Waals surface area contributed by atoms with E-state index in [1.165, 1.54) is 23.4 Å². The topological polar surface area (TPSA) is 30.3 Å². The lowest BCUT2D eigenvalue weighted by Crippen LogP contribution is -2.35. The Hall–Kier alpha value is -1.65. The van der Waals surface area contributed by atoms with Gasteiger partial charge in [-0.2, -0.15) is 0 Å². The average Bonchev–Trinajstić information content (AvgIpc) is 3.23. The van der Waals surface area contributed by atoms with Crippen molar-refractivity contribution < 1.29 is 4.74 Å². The number of imidazole rings is 1. The molecule has 2 aromatic rings. The van der Waals surface area contributed by atoms with Gasteiger partial charge in [0.2, 0.25) is 0 Å². The number of hydrogen-bond acceptors (Lipinski definition) is 3. The number of benzene rings is 1. The largest absolute Gasteiger partial charge is 0.381 e. The molecule has 0 bridgehead atoms. The van der Waals surface area contributed by atoms with Crippen molar-refractivity contribution in [3.63, 3.8) is 0 Å². The van der Waals surface area contributed by atoms with Crippen LogP contribution in [0.15, 0.2) is 36.7 Å². The van der Waals surface area contributed by atoms with Crippen molar-refractivity contribution in [3.05, 3.63) is 53.6 Å². The van der Waals surface area contributed by atoms with Crippen LogP contribution in [0.3, 0.4) is 0 Å². The normalized spacial score (nSPS) is 21.5. The second kappa shape index (κ2) is 6.85. The minimum Gasteiger partial charge on any atom is -0.381 e. The number of nitrogens with zero attached hydrogens (tertiary/aromatic N) is 3. The highest BCUT2D eigenvalue weighted by molar-refractivity contribution is 5.18. The molecule has 0 saturated carbocycles. The van der Waals surface area contributed by atoms with E-state index in [9.17, 15) is 0 Å². The van der Waals surface area contributed by atoms with E-state index in [1.54, 1.807) is 0 Å². The number of aromatic nitrogens is 2. The predicted octanol–water partition coefficient (Wildman–Crippen LogP) is 2.52. The number of aryl methyl sites for hydroxylation is 2. The summed E-state index contributed by atoms with van der Waals surface area (Å²) in [7, 11) is 0. The van der Waals surface area contributed by atoms with Crippen LogP contribution in [0, 0.1) is 5.92 Å². The Morgan fingerprint density at radius 2 is 2.13 bits per heavy atom. The minimum absolute atomic E-state index is 0.719. The summed E-state index contributed by atoms with van der Waals surface area (Å²) in [5, 5.41) is 0. The van der Waals surface area contributed by atoms with Gasteiger partial charge in [-0.05, 0) is 24.3 Å². The van der Waals surface area contributed by atoms with Crippen molar-refractivity contribution in [2.24, 2.45) is 5.92 Å². The maximum absolute atomic E-state index is 5.50. The van der Waals surface area contributed by atoms with Gasteiger partial charge < -0.3 is 9.30 Å². The zero-order valence-electron chi connectivity index (χ0n) is 13.7. The van der Waals surface area contributed by atoms with E-state index in [4.69, 9.17) is 4.74 Å². The van der Waals surface area contributed by atoms with Crippen LogP contribution in [-0.4, -0.2) is 40.8 Å². The minimum atomic E-state index is 0.719. The van der Waals surface area contributed by atoms with E-state index in [-0.39, 0.29) is 0 Å². The number of rotatable bonds is 5. The van der Waals surface area contributed by atoms with Crippen molar-refractivity contribution in [2.45, 2.75) is 32.4 Å². The third-order valence-corrected chi connectivity index (χ3v) is 5.10. The molecule has 1 aromatic heterocycles. The monoisotopic (exact) mass is 311 g/mol. The summed E-state index contributed by atoms with van der Waals surface area (Å²) in [6, 6.07) is 10.7. The van der Waals surface area contributed by atoms with E-state index in [0.717, 1.165) is 58.2 Å². The SMILES string of the molecule is c1ccc(CCn2cnc3c2CCN(C[C@H]2CCOC2)C3)cc1. The van der Waals surface area contributed by atoms with E-state index in [1.807, 2.05) is 6.33 Å². The second-order valence-corrected chi connectivity index (χ2v) is 6.78. The summed E-state index contributed by atoms with van der Waals surface area (Å²) in [6.45, 7) is 6.23. The molecule has 1 fully saturated rings. The Bertz CT molecular complexity index is 631. The Labute approximate surface area is 138 Å². The lowest BCUT2D eigenvalue weighted by molar-refractivity contribution is 0.161. The summed E-state index contributed by atoms with van der Waals surface area (Å²) in [4.78, 5) is 7.24. The lowest BCUT2D eigenvalue weighted by Gasteiger charge is -2.28. The molecule has 4 nitrogen and oxygen atoms in total. The molecule has 0 N–H and O–H groups in total. The predicted molar refractivity (Wildman–Crippen MR) is 90.3 cm³/mol. The first-order chi connectivity index (χ1) is 11.4. The molecule has 2 aliphatic heterocycles. The number of fused-ring (bicyclic) bond motifs is 1. The molecular weight excluding hydrogens is 286 g/mol. The van der Waals surface area contributed by atoms with Crippen LogP contribution >= 0.6 is 0 Å². The van der Waals surface area contributed by atoms with Gasteiger partial charge in [0.15, 0.2) is 0 Å². The maximum atomic E-state index is 5.50. The van der Waals surface area contributed by atoms with Crippen LogP contribution in [0.2, 0.25) is 0 Å². The number of ether oxygens (including phenoxy) is 1. The van der Waals surface area contributed by atoms with Gasteiger partial charge in [0.25, 0.3) is 0 Å². The van der Waals surface area contributed by atoms with E-state index >= 15 is 0 Å². The van der Waals surface area contributed by atoms with Gasteiger partial charge in [-0.25, -0.2) is 4.98 Å². The molecule has 2 aliphatic rings. The average molecular weight is 311 g/mol. The van der Waals surface area contributed by atoms with Crippen LogP contribution < -0.4 is 0 Å². The molecule has 1 saturated heterocycles. The number of hydrogen-bond donors (Lipinski definition) is 0. The zero-order valence-corrected chi connectivity index (χ0v) is 13.7.